The number of nitrogens with one attached hydrogen (secondary N) is 1. The first-order chi connectivity index (χ1) is 9.11. The van der Waals surface area contributed by atoms with Gasteiger partial charge in [0, 0.05) is 25.9 Å². The molecule has 0 saturated carbocycles. The quantitative estimate of drug-likeness (QED) is 0.808. The first-order valence-electron chi connectivity index (χ1n) is 6.06. The zero-order valence-electron chi connectivity index (χ0n) is 10.6. The number of hydrogen-bond donors (Lipinski definition) is 1. The van der Waals surface area contributed by atoms with Gasteiger partial charge < -0.3 is 5.32 Å². The van der Waals surface area contributed by atoms with Gasteiger partial charge in [-0.2, -0.15) is 5.26 Å². The summed E-state index contributed by atoms with van der Waals surface area (Å²) in [6.07, 6.45) is 0.611. The number of rotatable bonds is 4. The summed E-state index contributed by atoms with van der Waals surface area (Å²) >= 11 is 0. The number of carbonyl (C=O) groups is 2. The molecule has 0 aromatic carbocycles. The SMILES string of the molecule is Cc1ccc(NCCN2C(=O)CCC2=O)nc1C#N. The summed E-state index contributed by atoms with van der Waals surface area (Å²) in [5.74, 6) is 0.323. The van der Waals surface area contributed by atoms with Crippen LogP contribution in [0.4, 0.5) is 5.82 Å². The third-order valence-corrected chi connectivity index (χ3v) is 3.00. The highest BCUT2D eigenvalue weighted by Gasteiger charge is 2.27. The molecule has 1 fully saturated rings. The average molecular weight is 258 g/mol. The number of carbonyl (C=O) groups excluding carboxylic acids is 2. The Labute approximate surface area is 111 Å². The molecular weight excluding hydrogens is 244 g/mol. The molecule has 1 aromatic rings. The number of likely N-dealkylation sites (tertiary alicyclic amines) is 1. The lowest BCUT2D eigenvalue weighted by atomic mass is 10.2. The van der Waals surface area contributed by atoms with E-state index in [1.165, 1.54) is 4.90 Å². The molecule has 1 saturated heterocycles. The Morgan fingerprint density at radius 2 is 2.05 bits per heavy atom. The van der Waals surface area contributed by atoms with Crippen LogP contribution in [0.1, 0.15) is 24.1 Å². The maximum atomic E-state index is 11.4. The molecule has 0 spiro atoms. The van der Waals surface area contributed by atoms with Crippen LogP contribution in [-0.2, 0) is 9.59 Å². The van der Waals surface area contributed by atoms with Crippen molar-refractivity contribution in [3.05, 3.63) is 23.4 Å². The fourth-order valence-electron chi connectivity index (χ4n) is 1.91. The van der Waals surface area contributed by atoms with Crippen molar-refractivity contribution in [3.63, 3.8) is 0 Å². The molecular formula is C13H14N4O2. The highest BCUT2D eigenvalue weighted by molar-refractivity contribution is 6.01. The summed E-state index contributed by atoms with van der Waals surface area (Å²) in [6.45, 7) is 2.57. The van der Waals surface area contributed by atoms with Crippen molar-refractivity contribution in [2.75, 3.05) is 18.4 Å². The Hall–Kier alpha value is -2.42. The maximum absolute atomic E-state index is 11.4. The molecule has 6 heteroatoms. The van der Waals surface area contributed by atoms with Gasteiger partial charge in [0.25, 0.3) is 0 Å². The van der Waals surface area contributed by atoms with Crippen molar-refractivity contribution in [3.8, 4) is 6.07 Å². The van der Waals surface area contributed by atoms with E-state index in [0.717, 1.165) is 5.56 Å². The smallest absolute Gasteiger partial charge is 0.229 e. The topological polar surface area (TPSA) is 86.1 Å². The Morgan fingerprint density at radius 3 is 2.68 bits per heavy atom. The summed E-state index contributed by atoms with van der Waals surface area (Å²) < 4.78 is 0. The molecule has 2 amide bonds. The molecule has 0 aliphatic carbocycles. The van der Waals surface area contributed by atoms with Crippen molar-refractivity contribution in [1.82, 2.24) is 9.88 Å². The van der Waals surface area contributed by atoms with E-state index >= 15 is 0 Å². The fraction of sp³-hybridized carbons (Fsp3) is 0.385. The Balaban J connectivity index is 1.91. The summed E-state index contributed by atoms with van der Waals surface area (Å²) in [6, 6.07) is 5.58. The number of nitrogens with zero attached hydrogens (tertiary/aromatic N) is 3. The van der Waals surface area contributed by atoms with Crippen molar-refractivity contribution in [2.45, 2.75) is 19.8 Å². The standard InChI is InChI=1S/C13H14N4O2/c1-9-2-3-11(16-10(9)8-14)15-6-7-17-12(18)4-5-13(17)19/h2-3H,4-7H2,1H3,(H,15,16). The number of hydrogen-bond acceptors (Lipinski definition) is 5. The number of imide groups is 1. The molecule has 1 aliphatic rings. The van der Waals surface area contributed by atoms with Gasteiger partial charge in [-0.3, -0.25) is 14.5 Å². The van der Waals surface area contributed by atoms with Gasteiger partial charge in [0.15, 0.2) is 0 Å². The van der Waals surface area contributed by atoms with Crippen molar-refractivity contribution >= 4 is 17.6 Å². The van der Waals surface area contributed by atoms with Crippen LogP contribution in [0.3, 0.4) is 0 Å². The van der Waals surface area contributed by atoms with Crippen LogP contribution < -0.4 is 5.32 Å². The molecule has 2 rings (SSSR count). The van der Waals surface area contributed by atoms with E-state index in [4.69, 9.17) is 5.26 Å². The molecule has 1 aliphatic heterocycles. The number of amides is 2. The molecule has 0 atom stereocenters. The molecule has 1 N–H and O–H groups in total. The molecule has 6 nitrogen and oxygen atoms in total. The Morgan fingerprint density at radius 1 is 1.37 bits per heavy atom. The van der Waals surface area contributed by atoms with Crippen LogP contribution in [0.2, 0.25) is 0 Å². The second-order valence-corrected chi connectivity index (χ2v) is 4.34. The summed E-state index contributed by atoms with van der Waals surface area (Å²) in [5, 5.41) is 11.9. The van der Waals surface area contributed by atoms with Gasteiger partial charge in [0.2, 0.25) is 11.8 Å². The highest BCUT2D eigenvalue weighted by atomic mass is 16.2. The fourth-order valence-corrected chi connectivity index (χ4v) is 1.91. The molecule has 0 unspecified atom stereocenters. The van der Waals surface area contributed by atoms with Crippen LogP contribution in [0.25, 0.3) is 0 Å². The van der Waals surface area contributed by atoms with Crippen LogP contribution in [0.5, 0.6) is 0 Å². The van der Waals surface area contributed by atoms with E-state index in [1.54, 1.807) is 12.1 Å². The summed E-state index contributed by atoms with van der Waals surface area (Å²) in [7, 11) is 0. The van der Waals surface area contributed by atoms with Gasteiger partial charge in [-0.05, 0) is 18.6 Å². The van der Waals surface area contributed by atoms with E-state index in [-0.39, 0.29) is 11.8 Å². The van der Waals surface area contributed by atoms with E-state index in [2.05, 4.69) is 10.3 Å². The van der Waals surface area contributed by atoms with Gasteiger partial charge in [0.05, 0.1) is 0 Å². The molecule has 0 radical (unpaired) electrons. The van der Waals surface area contributed by atoms with E-state index in [1.807, 2.05) is 13.0 Å². The highest BCUT2D eigenvalue weighted by Crippen LogP contribution is 2.12. The van der Waals surface area contributed by atoms with Crippen LogP contribution in [0, 0.1) is 18.3 Å². The van der Waals surface area contributed by atoms with E-state index in [9.17, 15) is 9.59 Å². The lowest BCUT2D eigenvalue weighted by Crippen LogP contribution is -2.33. The third-order valence-electron chi connectivity index (χ3n) is 3.00. The zero-order valence-corrected chi connectivity index (χ0v) is 10.6. The largest absolute Gasteiger partial charge is 0.368 e. The average Bonchev–Trinajstić information content (AvgIpc) is 2.72. The maximum Gasteiger partial charge on any atom is 0.229 e. The molecule has 98 valence electrons. The minimum Gasteiger partial charge on any atom is -0.368 e. The summed E-state index contributed by atoms with van der Waals surface area (Å²) in [4.78, 5) is 28.2. The first-order valence-corrected chi connectivity index (χ1v) is 6.06. The van der Waals surface area contributed by atoms with Crippen molar-refractivity contribution < 1.29 is 9.59 Å². The molecule has 1 aromatic heterocycles. The van der Waals surface area contributed by atoms with E-state index < -0.39 is 0 Å². The van der Waals surface area contributed by atoms with Crippen LogP contribution in [-0.4, -0.2) is 34.8 Å². The normalized spacial score (nSPS) is 14.6. The van der Waals surface area contributed by atoms with E-state index in [0.29, 0.717) is 37.4 Å². The van der Waals surface area contributed by atoms with Gasteiger partial charge in [0.1, 0.15) is 17.6 Å². The van der Waals surface area contributed by atoms with Gasteiger partial charge in [-0.15, -0.1) is 0 Å². The second kappa shape index (κ2) is 5.48. The van der Waals surface area contributed by atoms with Crippen molar-refractivity contribution in [2.24, 2.45) is 0 Å². The van der Waals surface area contributed by atoms with Gasteiger partial charge in [-0.25, -0.2) is 4.98 Å². The predicted molar refractivity (Wildman–Crippen MR) is 68.1 cm³/mol. The third kappa shape index (κ3) is 2.88. The van der Waals surface area contributed by atoms with Gasteiger partial charge in [-0.1, -0.05) is 6.07 Å². The minimum absolute atomic E-state index is 0.124. The molecule has 2 heterocycles. The lowest BCUT2D eigenvalue weighted by Gasteiger charge is -2.14. The number of nitriles is 1. The zero-order chi connectivity index (χ0) is 13.8. The minimum atomic E-state index is -0.124. The molecule has 0 bridgehead atoms. The molecule has 19 heavy (non-hydrogen) atoms. The van der Waals surface area contributed by atoms with Crippen LogP contribution >= 0.6 is 0 Å². The Bertz CT molecular complexity index is 546. The first kappa shape index (κ1) is 13.0. The Kier molecular flexibility index (Phi) is 3.76. The monoisotopic (exact) mass is 258 g/mol. The number of aryl methyl sites for hydroxylation is 1. The predicted octanol–water partition coefficient (Wildman–Crippen LogP) is 0.823. The number of pyridine rings is 1. The van der Waals surface area contributed by atoms with Crippen molar-refractivity contribution in [1.29, 1.82) is 5.26 Å². The number of anilines is 1. The second-order valence-electron chi connectivity index (χ2n) is 4.34. The lowest BCUT2D eigenvalue weighted by molar-refractivity contribution is -0.138. The number of aromatic nitrogens is 1. The van der Waals surface area contributed by atoms with Gasteiger partial charge >= 0.3 is 0 Å². The summed E-state index contributed by atoms with van der Waals surface area (Å²) in [5.41, 5.74) is 1.19. The van der Waals surface area contributed by atoms with Crippen LogP contribution in [0.15, 0.2) is 12.1 Å².